The lowest BCUT2D eigenvalue weighted by molar-refractivity contribution is 0.0758. The third-order valence-corrected chi connectivity index (χ3v) is 3.72. The summed E-state index contributed by atoms with van der Waals surface area (Å²) in [7, 11) is 3.44. The van der Waals surface area contributed by atoms with E-state index in [0.717, 1.165) is 12.8 Å². The van der Waals surface area contributed by atoms with Crippen LogP contribution in [0, 0.1) is 11.3 Å². The molecule has 5 nitrogen and oxygen atoms in total. The molecule has 2 atom stereocenters. The number of isocyanates is 1. The molecule has 1 aliphatic carbocycles. The van der Waals surface area contributed by atoms with E-state index >= 15 is 0 Å². The lowest BCUT2D eigenvalue weighted by Gasteiger charge is -2.43. The number of hydrogen-bond acceptors (Lipinski definition) is 3. The fraction of sp³-hybridized carbons (Fsp3) is 0.857. The molecule has 0 heterocycles. The fourth-order valence-electron chi connectivity index (χ4n) is 3.23. The highest BCUT2D eigenvalue weighted by molar-refractivity contribution is 5.74. The van der Waals surface area contributed by atoms with Crippen molar-refractivity contribution in [1.82, 2.24) is 9.80 Å². The molecule has 0 saturated heterocycles. The third-order valence-electron chi connectivity index (χ3n) is 3.72. The topological polar surface area (TPSA) is 53.0 Å². The lowest BCUT2D eigenvalue weighted by atomic mass is 9.70. The highest BCUT2D eigenvalue weighted by Gasteiger charge is 2.36. The number of hydrogen-bond donors (Lipinski definition) is 0. The molecule has 19 heavy (non-hydrogen) atoms. The zero-order chi connectivity index (χ0) is 14.6. The van der Waals surface area contributed by atoms with Crippen LogP contribution in [0.3, 0.4) is 0 Å². The summed E-state index contributed by atoms with van der Waals surface area (Å²) in [6.07, 6.45) is 4.62. The number of aliphatic imine (C=N–C) groups is 1. The molecular weight excluding hydrogens is 242 g/mol. The molecule has 0 aliphatic heterocycles. The van der Waals surface area contributed by atoms with Gasteiger partial charge in [0.2, 0.25) is 6.08 Å². The van der Waals surface area contributed by atoms with Gasteiger partial charge in [0.1, 0.15) is 6.67 Å². The van der Waals surface area contributed by atoms with Gasteiger partial charge in [0, 0.05) is 20.1 Å². The summed E-state index contributed by atoms with van der Waals surface area (Å²) in [5.41, 5.74) is 0.220. The molecule has 2 unspecified atom stereocenters. The molecular formula is C14H25N3O2. The molecule has 1 rings (SSSR count). The van der Waals surface area contributed by atoms with Gasteiger partial charge in [-0.15, -0.1) is 0 Å². The Labute approximate surface area is 115 Å². The van der Waals surface area contributed by atoms with Crippen LogP contribution in [0.1, 0.15) is 40.0 Å². The monoisotopic (exact) mass is 267 g/mol. The number of carbonyl (C=O) groups excluding carboxylic acids is 2. The largest absolute Gasteiger partial charge is 0.331 e. The van der Waals surface area contributed by atoms with Crippen LogP contribution in [0.25, 0.3) is 0 Å². The molecule has 1 saturated carbocycles. The van der Waals surface area contributed by atoms with Gasteiger partial charge in [0.25, 0.3) is 0 Å². The molecule has 0 N–H and O–H groups in total. The Kier molecular flexibility index (Phi) is 5.12. The van der Waals surface area contributed by atoms with Gasteiger partial charge in [-0.2, -0.15) is 4.99 Å². The van der Waals surface area contributed by atoms with Gasteiger partial charge in [-0.1, -0.05) is 20.8 Å². The highest BCUT2D eigenvalue weighted by Crippen LogP contribution is 2.40. The van der Waals surface area contributed by atoms with E-state index in [2.05, 4.69) is 25.8 Å². The number of rotatable bonds is 3. The number of amides is 2. The van der Waals surface area contributed by atoms with Crippen molar-refractivity contribution < 1.29 is 9.59 Å². The molecule has 1 fully saturated rings. The Morgan fingerprint density at radius 2 is 2.00 bits per heavy atom. The zero-order valence-electron chi connectivity index (χ0n) is 12.6. The second-order valence-electron chi connectivity index (χ2n) is 6.60. The number of nitrogens with zero attached hydrogens (tertiary/aromatic N) is 3. The predicted octanol–water partition coefficient (Wildman–Crippen LogP) is 2.48. The Morgan fingerprint density at radius 1 is 1.37 bits per heavy atom. The summed E-state index contributed by atoms with van der Waals surface area (Å²) in [4.78, 5) is 29.4. The first-order valence-corrected chi connectivity index (χ1v) is 6.78. The van der Waals surface area contributed by atoms with Crippen molar-refractivity contribution in [2.45, 2.75) is 46.1 Å². The SMILES string of the molecule is CC1CC(N(CN=C=O)C(=O)N(C)C)CC(C)(C)C1. The van der Waals surface area contributed by atoms with E-state index in [1.54, 1.807) is 19.0 Å². The Hall–Kier alpha value is -1.35. The van der Waals surface area contributed by atoms with Crippen molar-refractivity contribution in [1.29, 1.82) is 0 Å². The Morgan fingerprint density at radius 3 is 2.47 bits per heavy atom. The van der Waals surface area contributed by atoms with Crippen molar-refractivity contribution >= 4 is 12.1 Å². The summed E-state index contributed by atoms with van der Waals surface area (Å²) in [6.45, 7) is 6.79. The van der Waals surface area contributed by atoms with Crippen molar-refractivity contribution in [3.63, 3.8) is 0 Å². The smallest absolute Gasteiger partial charge is 0.321 e. The quantitative estimate of drug-likeness (QED) is 0.582. The minimum atomic E-state index is -0.0890. The van der Waals surface area contributed by atoms with Gasteiger partial charge in [-0.25, -0.2) is 9.59 Å². The second-order valence-corrected chi connectivity index (χ2v) is 6.60. The van der Waals surface area contributed by atoms with E-state index in [1.165, 1.54) is 17.4 Å². The van der Waals surface area contributed by atoms with E-state index in [9.17, 15) is 9.59 Å². The van der Waals surface area contributed by atoms with Crippen LogP contribution in [-0.2, 0) is 4.79 Å². The fourth-order valence-corrected chi connectivity index (χ4v) is 3.23. The van der Waals surface area contributed by atoms with E-state index in [1.807, 2.05) is 0 Å². The van der Waals surface area contributed by atoms with Gasteiger partial charge < -0.3 is 9.80 Å². The third kappa shape index (κ3) is 4.35. The molecule has 0 bridgehead atoms. The van der Waals surface area contributed by atoms with E-state index < -0.39 is 0 Å². The zero-order valence-corrected chi connectivity index (χ0v) is 12.6. The molecule has 108 valence electrons. The van der Waals surface area contributed by atoms with E-state index in [0.29, 0.717) is 5.92 Å². The normalized spacial score (nSPS) is 25.3. The van der Waals surface area contributed by atoms with Crippen LogP contribution < -0.4 is 0 Å². The van der Waals surface area contributed by atoms with Crippen LogP contribution in [0.2, 0.25) is 0 Å². The summed E-state index contributed by atoms with van der Waals surface area (Å²) < 4.78 is 0. The van der Waals surface area contributed by atoms with Crippen LogP contribution in [0.4, 0.5) is 4.79 Å². The maximum Gasteiger partial charge on any atom is 0.321 e. The van der Waals surface area contributed by atoms with Gasteiger partial charge in [0.05, 0.1) is 0 Å². The van der Waals surface area contributed by atoms with Crippen molar-refractivity contribution in [2.75, 3.05) is 20.8 Å². The number of urea groups is 1. The first-order valence-electron chi connectivity index (χ1n) is 6.78. The number of carbonyl (C=O) groups is 1. The predicted molar refractivity (Wildman–Crippen MR) is 74.5 cm³/mol. The molecule has 5 heteroatoms. The van der Waals surface area contributed by atoms with Crippen LogP contribution in [0.5, 0.6) is 0 Å². The van der Waals surface area contributed by atoms with Crippen LogP contribution >= 0.6 is 0 Å². The van der Waals surface area contributed by atoms with Gasteiger partial charge in [-0.05, 0) is 30.6 Å². The first kappa shape index (κ1) is 15.7. The maximum absolute atomic E-state index is 12.2. The van der Waals surface area contributed by atoms with Crippen molar-refractivity contribution in [3.8, 4) is 0 Å². The molecule has 0 aromatic heterocycles. The lowest BCUT2D eigenvalue weighted by Crippen LogP contribution is -2.49. The summed E-state index contributed by atoms with van der Waals surface area (Å²) in [5, 5.41) is 0. The van der Waals surface area contributed by atoms with Crippen molar-refractivity contribution in [2.24, 2.45) is 16.3 Å². The summed E-state index contributed by atoms with van der Waals surface area (Å²) in [6, 6.07) is 0.0552. The maximum atomic E-state index is 12.2. The standard InChI is InChI=1S/C14H25N3O2/c1-11-6-12(8-14(2,3)7-11)17(9-15-10-18)13(19)16(4)5/h11-12H,6-9H2,1-5H3. The second kappa shape index (κ2) is 6.20. The highest BCUT2D eigenvalue weighted by atomic mass is 16.2. The summed E-state index contributed by atoms with van der Waals surface area (Å²) >= 11 is 0. The average Bonchev–Trinajstić information content (AvgIpc) is 2.26. The van der Waals surface area contributed by atoms with Crippen molar-refractivity contribution in [3.05, 3.63) is 0 Å². The van der Waals surface area contributed by atoms with Gasteiger partial charge in [-0.3, -0.25) is 0 Å². The average molecular weight is 267 g/mol. The molecule has 0 aromatic rings. The van der Waals surface area contributed by atoms with Gasteiger partial charge >= 0.3 is 6.03 Å². The minimum Gasteiger partial charge on any atom is -0.331 e. The molecule has 0 radical (unpaired) electrons. The molecule has 2 amide bonds. The minimum absolute atomic E-state index is 0.0890. The molecule has 0 spiro atoms. The van der Waals surface area contributed by atoms with Crippen LogP contribution in [-0.4, -0.2) is 48.7 Å². The van der Waals surface area contributed by atoms with E-state index in [4.69, 9.17) is 0 Å². The van der Waals surface area contributed by atoms with Gasteiger partial charge in [0.15, 0.2) is 0 Å². The first-order chi connectivity index (χ1) is 8.76. The molecule has 1 aliphatic rings. The summed E-state index contributed by atoms with van der Waals surface area (Å²) in [5.74, 6) is 0.575. The van der Waals surface area contributed by atoms with E-state index in [-0.39, 0.29) is 24.2 Å². The van der Waals surface area contributed by atoms with Crippen LogP contribution in [0.15, 0.2) is 4.99 Å². The Balaban J connectivity index is 2.90. The Bertz CT molecular complexity index is 373. The molecule has 0 aromatic carbocycles.